The Hall–Kier alpha value is -1.84. The molecule has 1 aliphatic heterocycles. The zero-order valence-electron chi connectivity index (χ0n) is 12.6. The highest BCUT2D eigenvalue weighted by molar-refractivity contribution is 6.04. The number of ether oxygens (including phenoxy) is 1. The van der Waals surface area contributed by atoms with E-state index in [1.807, 2.05) is 6.07 Å². The SMILES string of the molecule is CCC1(C(=O)c2ccc3c(c2)NC(=O)C(C)O3)CCCC1. The summed E-state index contributed by atoms with van der Waals surface area (Å²) in [5.74, 6) is 0.673. The van der Waals surface area contributed by atoms with Crippen LogP contribution in [0.1, 0.15) is 56.3 Å². The van der Waals surface area contributed by atoms with Gasteiger partial charge in [0.25, 0.3) is 5.91 Å². The van der Waals surface area contributed by atoms with Gasteiger partial charge in [-0.15, -0.1) is 0 Å². The van der Waals surface area contributed by atoms with Crippen LogP contribution in [0.4, 0.5) is 5.69 Å². The summed E-state index contributed by atoms with van der Waals surface area (Å²) < 4.78 is 5.53. The number of hydrogen-bond donors (Lipinski definition) is 1. The Kier molecular flexibility index (Phi) is 3.47. The molecule has 112 valence electrons. The van der Waals surface area contributed by atoms with Crippen molar-refractivity contribution in [2.24, 2.45) is 5.41 Å². The maximum absolute atomic E-state index is 12.9. The molecule has 0 bridgehead atoms. The molecule has 0 saturated heterocycles. The normalized spacial score (nSPS) is 23.1. The summed E-state index contributed by atoms with van der Waals surface area (Å²) in [6.45, 7) is 3.80. The molecule has 0 radical (unpaired) electrons. The Bertz CT molecular complexity index is 588. The maximum Gasteiger partial charge on any atom is 0.265 e. The number of benzene rings is 1. The van der Waals surface area contributed by atoms with Crippen molar-refractivity contribution in [2.75, 3.05) is 5.32 Å². The zero-order chi connectivity index (χ0) is 15.0. The van der Waals surface area contributed by atoms with Gasteiger partial charge in [0, 0.05) is 11.0 Å². The number of rotatable bonds is 3. The first kappa shape index (κ1) is 14.1. The number of anilines is 1. The molecule has 2 aliphatic rings. The van der Waals surface area contributed by atoms with Gasteiger partial charge in [0.05, 0.1) is 5.69 Å². The van der Waals surface area contributed by atoms with E-state index in [1.165, 1.54) is 0 Å². The Labute approximate surface area is 124 Å². The van der Waals surface area contributed by atoms with Gasteiger partial charge in [-0.05, 0) is 44.4 Å². The minimum absolute atomic E-state index is 0.168. The molecule has 1 heterocycles. The zero-order valence-corrected chi connectivity index (χ0v) is 12.6. The summed E-state index contributed by atoms with van der Waals surface area (Å²) in [6.07, 6.45) is 4.58. The molecule has 1 amide bonds. The van der Waals surface area contributed by atoms with Crippen LogP contribution in [0, 0.1) is 5.41 Å². The summed E-state index contributed by atoms with van der Waals surface area (Å²) >= 11 is 0. The molecular formula is C17H21NO3. The molecule has 1 fully saturated rings. The second kappa shape index (κ2) is 5.17. The number of carbonyl (C=O) groups is 2. The average Bonchev–Trinajstić information content (AvgIpc) is 2.97. The first-order chi connectivity index (χ1) is 10.1. The van der Waals surface area contributed by atoms with Crippen LogP contribution < -0.4 is 10.1 Å². The van der Waals surface area contributed by atoms with Gasteiger partial charge in [0.1, 0.15) is 5.75 Å². The predicted octanol–water partition coefficient (Wildman–Crippen LogP) is 3.56. The third-order valence-electron chi connectivity index (χ3n) is 4.89. The van der Waals surface area contributed by atoms with Crippen molar-refractivity contribution < 1.29 is 14.3 Å². The number of nitrogens with one attached hydrogen (secondary N) is 1. The molecule has 1 saturated carbocycles. The lowest BCUT2D eigenvalue weighted by Crippen LogP contribution is -2.34. The number of amides is 1. The van der Waals surface area contributed by atoms with E-state index < -0.39 is 6.10 Å². The van der Waals surface area contributed by atoms with Gasteiger partial charge in [0.15, 0.2) is 11.9 Å². The minimum atomic E-state index is -0.490. The van der Waals surface area contributed by atoms with Crippen LogP contribution in [0.25, 0.3) is 0 Å². The van der Waals surface area contributed by atoms with Gasteiger partial charge in [-0.3, -0.25) is 9.59 Å². The lowest BCUT2D eigenvalue weighted by molar-refractivity contribution is -0.122. The van der Waals surface area contributed by atoms with E-state index in [-0.39, 0.29) is 17.1 Å². The molecule has 1 aromatic rings. The maximum atomic E-state index is 12.9. The van der Waals surface area contributed by atoms with E-state index in [1.54, 1.807) is 19.1 Å². The fourth-order valence-electron chi connectivity index (χ4n) is 3.45. The van der Waals surface area contributed by atoms with Gasteiger partial charge in [-0.2, -0.15) is 0 Å². The molecule has 3 rings (SSSR count). The topological polar surface area (TPSA) is 55.4 Å². The number of ketones is 1. The van der Waals surface area contributed by atoms with Gasteiger partial charge < -0.3 is 10.1 Å². The lowest BCUT2D eigenvalue weighted by atomic mass is 9.76. The monoisotopic (exact) mass is 287 g/mol. The van der Waals surface area contributed by atoms with Crippen molar-refractivity contribution in [3.05, 3.63) is 23.8 Å². The number of fused-ring (bicyclic) bond motifs is 1. The van der Waals surface area contributed by atoms with E-state index >= 15 is 0 Å². The fourth-order valence-corrected chi connectivity index (χ4v) is 3.45. The number of carbonyl (C=O) groups excluding carboxylic acids is 2. The fraction of sp³-hybridized carbons (Fsp3) is 0.529. The van der Waals surface area contributed by atoms with Gasteiger partial charge in [0.2, 0.25) is 0 Å². The van der Waals surface area contributed by atoms with E-state index in [2.05, 4.69) is 12.2 Å². The lowest BCUT2D eigenvalue weighted by Gasteiger charge is -2.27. The molecule has 1 aliphatic carbocycles. The van der Waals surface area contributed by atoms with Crippen molar-refractivity contribution in [1.82, 2.24) is 0 Å². The Morgan fingerprint density at radius 2 is 2.10 bits per heavy atom. The molecule has 1 unspecified atom stereocenters. The highest BCUT2D eigenvalue weighted by Crippen LogP contribution is 2.44. The average molecular weight is 287 g/mol. The second-order valence-corrected chi connectivity index (χ2v) is 6.13. The molecule has 1 atom stereocenters. The van der Waals surface area contributed by atoms with Crippen LogP contribution >= 0.6 is 0 Å². The third-order valence-corrected chi connectivity index (χ3v) is 4.89. The minimum Gasteiger partial charge on any atom is -0.479 e. The van der Waals surface area contributed by atoms with E-state index in [4.69, 9.17) is 4.74 Å². The number of Topliss-reactive ketones (excluding diaryl/α,β-unsaturated/α-hetero) is 1. The summed E-state index contributed by atoms with van der Waals surface area (Å²) in [4.78, 5) is 24.6. The molecule has 1 aromatic carbocycles. The highest BCUT2D eigenvalue weighted by atomic mass is 16.5. The largest absolute Gasteiger partial charge is 0.479 e. The van der Waals surface area contributed by atoms with Gasteiger partial charge >= 0.3 is 0 Å². The second-order valence-electron chi connectivity index (χ2n) is 6.13. The van der Waals surface area contributed by atoms with Crippen LogP contribution in [-0.4, -0.2) is 17.8 Å². The van der Waals surface area contributed by atoms with Crippen LogP contribution in [-0.2, 0) is 4.79 Å². The van der Waals surface area contributed by atoms with Crippen molar-refractivity contribution in [3.8, 4) is 5.75 Å². The molecule has 1 N–H and O–H groups in total. The van der Waals surface area contributed by atoms with E-state index in [9.17, 15) is 9.59 Å². The van der Waals surface area contributed by atoms with Crippen molar-refractivity contribution in [1.29, 1.82) is 0 Å². The molecular weight excluding hydrogens is 266 g/mol. The predicted molar refractivity (Wildman–Crippen MR) is 80.7 cm³/mol. The third kappa shape index (κ3) is 2.33. The van der Waals surface area contributed by atoms with Crippen LogP contribution in [0.3, 0.4) is 0 Å². The number of hydrogen-bond acceptors (Lipinski definition) is 3. The molecule has 4 nitrogen and oxygen atoms in total. The Balaban J connectivity index is 1.92. The first-order valence-electron chi connectivity index (χ1n) is 7.72. The van der Waals surface area contributed by atoms with E-state index in [0.29, 0.717) is 17.0 Å². The van der Waals surface area contributed by atoms with Gasteiger partial charge in [-0.25, -0.2) is 0 Å². The van der Waals surface area contributed by atoms with Crippen LogP contribution in [0.2, 0.25) is 0 Å². The summed E-state index contributed by atoms with van der Waals surface area (Å²) in [6, 6.07) is 5.37. The van der Waals surface area contributed by atoms with Gasteiger partial charge in [-0.1, -0.05) is 19.8 Å². The van der Waals surface area contributed by atoms with E-state index in [0.717, 1.165) is 32.1 Å². The van der Waals surface area contributed by atoms with Crippen LogP contribution in [0.15, 0.2) is 18.2 Å². The van der Waals surface area contributed by atoms with Crippen LogP contribution in [0.5, 0.6) is 5.75 Å². The molecule has 21 heavy (non-hydrogen) atoms. The Morgan fingerprint density at radius 3 is 2.76 bits per heavy atom. The quantitative estimate of drug-likeness (QED) is 0.865. The standard InChI is InChI=1S/C17H21NO3/c1-3-17(8-4-5-9-17)15(19)12-6-7-14-13(10-12)18-16(20)11(2)21-14/h6-7,10-11H,3-5,8-9H2,1-2H3,(H,18,20). The summed E-state index contributed by atoms with van der Waals surface area (Å²) in [5, 5.41) is 2.81. The molecule has 4 heteroatoms. The van der Waals surface area contributed by atoms with Crippen molar-refractivity contribution >= 4 is 17.4 Å². The van der Waals surface area contributed by atoms with Crippen molar-refractivity contribution in [2.45, 2.75) is 52.1 Å². The summed E-state index contributed by atoms with van der Waals surface area (Å²) in [7, 11) is 0. The molecule has 0 spiro atoms. The first-order valence-corrected chi connectivity index (χ1v) is 7.72. The summed E-state index contributed by atoms with van der Waals surface area (Å²) in [5.41, 5.74) is 1.07. The smallest absolute Gasteiger partial charge is 0.265 e. The Morgan fingerprint density at radius 1 is 1.38 bits per heavy atom. The molecule has 0 aromatic heterocycles. The highest BCUT2D eigenvalue weighted by Gasteiger charge is 2.40. The van der Waals surface area contributed by atoms with Crippen molar-refractivity contribution in [3.63, 3.8) is 0 Å².